The Morgan fingerprint density at radius 2 is 1.81 bits per heavy atom. The lowest BCUT2D eigenvalue weighted by atomic mass is 9.84. The predicted octanol–water partition coefficient (Wildman–Crippen LogP) is 4.06. The average Bonchev–Trinajstić information content (AvgIpc) is 3.06. The van der Waals surface area contributed by atoms with Crippen LogP contribution in [0.4, 0.5) is 18.9 Å². The maximum Gasteiger partial charge on any atom is 0.393 e. The van der Waals surface area contributed by atoms with Gasteiger partial charge in [-0.25, -0.2) is 0 Å². The van der Waals surface area contributed by atoms with E-state index in [1.807, 2.05) is 12.1 Å². The third-order valence-electron chi connectivity index (χ3n) is 5.22. The third kappa shape index (κ3) is 4.90. The van der Waals surface area contributed by atoms with Gasteiger partial charge in [0.25, 0.3) is 0 Å². The van der Waals surface area contributed by atoms with Crippen molar-refractivity contribution in [1.29, 1.82) is 0 Å². The largest absolute Gasteiger partial charge is 0.393 e. The second-order valence-electron chi connectivity index (χ2n) is 7.12. The molecule has 27 heavy (non-hydrogen) atoms. The Morgan fingerprint density at radius 3 is 2.44 bits per heavy atom. The molecular formula is C20H23F3N2O2. The second kappa shape index (κ2) is 8.15. The van der Waals surface area contributed by atoms with E-state index in [4.69, 9.17) is 0 Å². The van der Waals surface area contributed by atoms with Crippen LogP contribution in [-0.2, 0) is 9.59 Å². The molecule has 2 fully saturated rings. The zero-order valence-electron chi connectivity index (χ0n) is 15.0. The molecule has 4 nitrogen and oxygen atoms in total. The maximum absolute atomic E-state index is 13.1. The van der Waals surface area contributed by atoms with E-state index < -0.39 is 24.0 Å². The van der Waals surface area contributed by atoms with Crippen molar-refractivity contribution in [1.82, 2.24) is 5.32 Å². The predicted molar refractivity (Wildman–Crippen MR) is 97.0 cm³/mol. The summed E-state index contributed by atoms with van der Waals surface area (Å²) in [5.74, 6) is -1.89. The molecule has 1 N–H and O–H groups in total. The molecule has 1 aromatic carbocycles. The molecule has 0 spiro atoms. The van der Waals surface area contributed by atoms with Crippen LogP contribution in [0.5, 0.6) is 0 Å². The second-order valence-corrected chi connectivity index (χ2v) is 7.12. The molecule has 1 aliphatic heterocycles. The smallest absolute Gasteiger partial charge is 0.349 e. The Kier molecular flexibility index (Phi) is 5.87. The normalized spacial score (nSPS) is 23.8. The molecule has 0 bridgehead atoms. The number of carbonyl (C=O) groups excluding carboxylic acids is 2. The molecule has 1 aromatic rings. The van der Waals surface area contributed by atoms with Crippen LogP contribution in [0.15, 0.2) is 30.3 Å². The summed E-state index contributed by atoms with van der Waals surface area (Å²) in [5, 5.41) is 2.51. The summed E-state index contributed by atoms with van der Waals surface area (Å²) in [6, 6.07) is 6.32. The molecule has 1 saturated carbocycles. The fourth-order valence-electron chi connectivity index (χ4n) is 3.78. The number of nitrogens with one attached hydrogen (secondary N) is 1. The SMILES string of the molecule is O=C(/C=C/c1ccc(N2CCCC2=O)cc1)NC1CCCCC1C(F)(F)F. The maximum atomic E-state index is 13.1. The lowest BCUT2D eigenvalue weighted by molar-refractivity contribution is -0.188. The molecule has 2 aliphatic rings. The minimum absolute atomic E-state index is 0.0643. The fraction of sp³-hybridized carbons (Fsp3) is 0.500. The molecule has 146 valence electrons. The molecule has 3 rings (SSSR count). The Bertz CT molecular complexity index is 713. The van der Waals surface area contributed by atoms with Crippen LogP contribution in [-0.4, -0.2) is 30.6 Å². The summed E-state index contributed by atoms with van der Waals surface area (Å²) in [4.78, 5) is 25.5. The van der Waals surface area contributed by atoms with Gasteiger partial charge in [0.2, 0.25) is 11.8 Å². The summed E-state index contributed by atoms with van der Waals surface area (Å²) < 4.78 is 39.3. The minimum Gasteiger partial charge on any atom is -0.349 e. The van der Waals surface area contributed by atoms with Crippen molar-refractivity contribution >= 4 is 23.6 Å². The first-order valence-electron chi connectivity index (χ1n) is 9.30. The van der Waals surface area contributed by atoms with E-state index in [9.17, 15) is 22.8 Å². The van der Waals surface area contributed by atoms with Gasteiger partial charge in [0, 0.05) is 30.8 Å². The van der Waals surface area contributed by atoms with E-state index in [2.05, 4.69) is 5.32 Å². The van der Waals surface area contributed by atoms with Gasteiger partial charge in [-0.2, -0.15) is 13.2 Å². The van der Waals surface area contributed by atoms with Crippen molar-refractivity contribution < 1.29 is 22.8 Å². The van der Waals surface area contributed by atoms with E-state index in [0.29, 0.717) is 32.2 Å². The van der Waals surface area contributed by atoms with Crippen LogP contribution in [0.1, 0.15) is 44.1 Å². The van der Waals surface area contributed by atoms with Crippen molar-refractivity contribution in [2.24, 2.45) is 5.92 Å². The van der Waals surface area contributed by atoms with Gasteiger partial charge in [-0.05, 0) is 43.0 Å². The molecule has 7 heteroatoms. The molecule has 1 heterocycles. The van der Waals surface area contributed by atoms with Gasteiger partial charge in [0.15, 0.2) is 0 Å². The van der Waals surface area contributed by atoms with Crippen molar-refractivity contribution in [2.75, 3.05) is 11.4 Å². The highest BCUT2D eigenvalue weighted by Crippen LogP contribution is 2.37. The highest BCUT2D eigenvalue weighted by atomic mass is 19.4. The van der Waals surface area contributed by atoms with Gasteiger partial charge in [0.1, 0.15) is 0 Å². The highest BCUT2D eigenvalue weighted by Gasteiger charge is 2.45. The van der Waals surface area contributed by atoms with E-state index in [1.54, 1.807) is 23.1 Å². The topological polar surface area (TPSA) is 49.4 Å². The first-order chi connectivity index (χ1) is 12.8. The number of benzene rings is 1. The number of hydrogen-bond donors (Lipinski definition) is 1. The van der Waals surface area contributed by atoms with Gasteiger partial charge < -0.3 is 10.2 Å². The number of rotatable bonds is 4. The zero-order valence-corrected chi connectivity index (χ0v) is 15.0. The van der Waals surface area contributed by atoms with Crippen molar-refractivity contribution in [3.63, 3.8) is 0 Å². The molecule has 2 atom stereocenters. The number of halogens is 3. The molecule has 0 radical (unpaired) electrons. The number of hydrogen-bond acceptors (Lipinski definition) is 2. The number of anilines is 1. The lowest BCUT2D eigenvalue weighted by Gasteiger charge is -2.33. The number of carbonyl (C=O) groups is 2. The molecule has 0 aromatic heterocycles. The average molecular weight is 380 g/mol. The number of amides is 2. The van der Waals surface area contributed by atoms with Crippen LogP contribution in [0.3, 0.4) is 0 Å². The fourth-order valence-corrected chi connectivity index (χ4v) is 3.78. The summed E-state index contributed by atoms with van der Waals surface area (Å²) in [6.07, 6.45) is 1.59. The summed E-state index contributed by atoms with van der Waals surface area (Å²) in [6.45, 7) is 0.707. The van der Waals surface area contributed by atoms with E-state index in [-0.39, 0.29) is 12.3 Å². The number of alkyl halides is 3. The van der Waals surface area contributed by atoms with Gasteiger partial charge in [-0.15, -0.1) is 0 Å². The summed E-state index contributed by atoms with van der Waals surface area (Å²) >= 11 is 0. The Morgan fingerprint density at radius 1 is 1.11 bits per heavy atom. The van der Waals surface area contributed by atoms with Crippen molar-refractivity contribution in [2.45, 2.75) is 50.7 Å². The van der Waals surface area contributed by atoms with E-state index >= 15 is 0 Å². The van der Waals surface area contributed by atoms with Gasteiger partial charge in [-0.1, -0.05) is 25.0 Å². The molecule has 1 saturated heterocycles. The lowest BCUT2D eigenvalue weighted by Crippen LogP contribution is -2.47. The first kappa shape index (κ1) is 19.5. The van der Waals surface area contributed by atoms with Gasteiger partial charge >= 0.3 is 6.18 Å². The van der Waals surface area contributed by atoms with Gasteiger partial charge in [0.05, 0.1) is 5.92 Å². The van der Waals surface area contributed by atoms with Crippen LogP contribution < -0.4 is 10.2 Å². The molecule has 2 unspecified atom stereocenters. The van der Waals surface area contributed by atoms with Crippen molar-refractivity contribution in [3.05, 3.63) is 35.9 Å². The molecular weight excluding hydrogens is 357 g/mol. The highest BCUT2D eigenvalue weighted by molar-refractivity contribution is 5.95. The number of nitrogens with zero attached hydrogens (tertiary/aromatic N) is 1. The summed E-state index contributed by atoms with van der Waals surface area (Å²) in [7, 11) is 0. The van der Waals surface area contributed by atoms with Crippen LogP contribution in [0, 0.1) is 5.92 Å². The zero-order chi connectivity index (χ0) is 19.4. The Balaban J connectivity index is 1.58. The van der Waals surface area contributed by atoms with E-state index in [0.717, 1.165) is 17.7 Å². The standard InChI is InChI=1S/C20H23F3N2O2/c21-20(22,23)16-4-1-2-5-17(16)24-18(26)12-9-14-7-10-15(11-8-14)25-13-3-6-19(25)27/h7-12,16-17H,1-6,13H2,(H,24,26)/b12-9+. The molecule has 1 aliphatic carbocycles. The van der Waals surface area contributed by atoms with Crippen LogP contribution in [0.25, 0.3) is 6.08 Å². The Hall–Kier alpha value is -2.31. The van der Waals surface area contributed by atoms with Crippen molar-refractivity contribution in [3.8, 4) is 0 Å². The van der Waals surface area contributed by atoms with Crippen LogP contribution >= 0.6 is 0 Å². The third-order valence-corrected chi connectivity index (χ3v) is 5.22. The monoisotopic (exact) mass is 380 g/mol. The molecule has 2 amide bonds. The Labute approximate surface area is 156 Å². The summed E-state index contributed by atoms with van der Waals surface area (Å²) in [5.41, 5.74) is 1.56. The minimum atomic E-state index is -4.29. The van der Waals surface area contributed by atoms with Gasteiger partial charge in [-0.3, -0.25) is 9.59 Å². The quantitative estimate of drug-likeness (QED) is 0.801. The van der Waals surface area contributed by atoms with Crippen LogP contribution in [0.2, 0.25) is 0 Å². The first-order valence-corrected chi connectivity index (χ1v) is 9.30. The van der Waals surface area contributed by atoms with E-state index in [1.165, 1.54) is 6.08 Å².